The van der Waals surface area contributed by atoms with Gasteiger partial charge in [0.05, 0.1) is 12.7 Å². The normalized spacial score (nSPS) is 34.2. The predicted molar refractivity (Wildman–Crippen MR) is 84.3 cm³/mol. The molecule has 0 amide bonds. The summed E-state index contributed by atoms with van der Waals surface area (Å²) in [6, 6.07) is 4.65. The molecule has 2 saturated carbocycles. The zero-order valence-electron chi connectivity index (χ0n) is 13.7. The first kappa shape index (κ1) is 15.8. The Morgan fingerprint density at radius 2 is 2.09 bits per heavy atom. The van der Waals surface area contributed by atoms with Gasteiger partial charge >= 0.3 is 0 Å². The Hall–Kier alpha value is -1.13. The van der Waals surface area contributed by atoms with Crippen molar-refractivity contribution in [2.45, 2.75) is 31.3 Å². The Bertz CT molecular complexity index is 548. The van der Waals surface area contributed by atoms with E-state index in [1.54, 1.807) is 6.07 Å². The standard InChI is InChI=1S/C18H26FNO2/c1-20(2)11-17-13-5-4-12(6-13)10-18(17,21)14-7-15(19)9-16(8-14)22-3/h7-9,12-13,17,21H,4-6,10-11H2,1-3H3. The first-order valence-corrected chi connectivity index (χ1v) is 8.14. The first-order chi connectivity index (χ1) is 10.4. The highest BCUT2D eigenvalue weighted by atomic mass is 19.1. The minimum Gasteiger partial charge on any atom is -0.497 e. The Morgan fingerprint density at radius 3 is 2.77 bits per heavy atom. The fourth-order valence-electron chi connectivity index (χ4n) is 4.60. The van der Waals surface area contributed by atoms with E-state index in [2.05, 4.69) is 4.90 Å². The van der Waals surface area contributed by atoms with E-state index in [1.165, 1.54) is 38.5 Å². The maximum Gasteiger partial charge on any atom is 0.127 e. The van der Waals surface area contributed by atoms with Crippen LogP contribution in [0.25, 0.3) is 0 Å². The summed E-state index contributed by atoms with van der Waals surface area (Å²) < 4.78 is 19.1. The summed E-state index contributed by atoms with van der Waals surface area (Å²) >= 11 is 0. The monoisotopic (exact) mass is 307 g/mol. The Balaban J connectivity index is 2.02. The van der Waals surface area contributed by atoms with E-state index in [-0.39, 0.29) is 11.7 Å². The molecule has 1 N–H and O–H groups in total. The molecule has 4 atom stereocenters. The van der Waals surface area contributed by atoms with E-state index < -0.39 is 5.60 Å². The molecule has 4 unspecified atom stereocenters. The Labute approximate surface area is 132 Å². The third kappa shape index (κ3) is 2.74. The molecule has 22 heavy (non-hydrogen) atoms. The molecule has 0 aliphatic heterocycles. The molecule has 2 fully saturated rings. The average molecular weight is 307 g/mol. The Kier molecular flexibility index (Phi) is 4.17. The van der Waals surface area contributed by atoms with Gasteiger partial charge in [-0.2, -0.15) is 0 Å². The van der Waals surface area contributed by atoms with Crippen molar-refractivity contribution in [3.8, 4) is 5.75 Å². The number of halogens is 1. The van der Waals surface area contributed by atoms with Crippen molar-refractivity contribution in [2.75, 3.05) is 27.7 Å². The highest BCUT2D eigenvalue weighted by molar-refractivity contribution is 5.35. The van der Waals surface area contributed by atoms with Gasteiger partial charge in [-0.1, -0.05) is 6.42 Å². The van der Waals surface area contributed by atoms with E-state index >= 15 is 0 Å². The summed E-state index contributed by atoms with van der Waals surface area (Å²) in [7, 11) is 5.60. The number of aliphatic hydroxyl groups is 1. The van der Waals surface area contributed by atoms with Crippen LogP contribution < -0.4 is 4.74 Å². The molecule has 1 aromatic rings. The molecule has 122 valence electrons. The zero-order valence-corrected chi connectivity index (χ0v) is 13.7. The van der Waals surface area contributed by atoms with Crippen LogP contribution in [0, 0.1) is 23.6 Å². The summed E-state index contributed by atoms with van der Waals surface area (Å²) in [4.78, 5) is 2.13. The van der Waals surface area contributed by atoms with Crippen molar-refractivity contribution in [3.05, 3.63) is 29.6 Å². The number of hydrogen-bond donors (Lipinski definition) is 1. The maximum atomic E-state index is 13.9. The van der Waals surface area contributed by atoms with Crippen molar-refractivity contribution in [1.82, 2.24) is 4.90 Å². The summed E-state index contributed by atoms with van der Waals surface area (Å²) in [6.45, 7) is 0.826. The maximum absolute atomic E-state index is 13.9. The van der Waals surface area contributed by atoms with Crippen LogP contribution in [0.4, 0.5) is 4.39 Å². The molecule has 4 heteroatoms. The molecule has 0 radical (unpaired) electrons. The predicted octanol–water partition coefficient (Wildman–Crippen LogP) is 3.02. The fourth-order valence-corrected chi connectivity index (χ4v) is 4.60. The van der Waals surface area contributed by atoms with Crippen LogP contribution in [0.3, 0.4) is 0 Å². The highest BCUT2D eigenvalue weighted by Crippen LogP contribution is 2.54. The van der Waals surface area contributed by atoms with Gasteiger partial charge in [0.15, 0.2) is 0 Å². The quantitative estimate of drug-likeness (QED) is 0.928. The molecule has 3 nitrogen and oxygen atoms in total. The molecular weight excluding hydrogens is 281 g/mol. The lowest BCUT2D eigenvalue weighted by atomic mass is 9.66. The van der Waals surface area contributed by atoms with E-state index in [0.29, 0.717) is 23.1 Å². The molecule has 0 spiro atoms. The van der Waals surface area contributed by atoms with Crippen LogP contribution in [0.15, 0.2) is 18.2 Å². The van der Waals surface area contributed by atoms with Gasteiger partial charge in [0.1, 0.15) is 11.6 Å². The topological polar surface area (TPSA) is 32.7 Å². The smallest absolute Gasteiger partial charge is 0.127 e. The molecule has 3 rings (SSSR count). The lowest BCUT2D eigenvalue weighted by Gasteiger charge is -2.45. The molecule has 2 bridgehead atoms. The van der Waals surface area contributed by atoms with E-state index in [1.807, 2.05) is 14.1 Å². The van der Waals surface area contributed by atoms with Gasteiger partial charge in [0, 0.05) is 18.5 Å². The van der Waals surface area contributed by atoms with E-state index in [0.717, 1.165) is 13.0 Å². The number of rotatable bonds is 4. The molecule has 1 aromatic carbocycles. The van der Waals surface area contributed by atoms with Crippen LogP contribution >= 0.6 is 0 Å². The number of hydrogen-bond acceptors (Lipinski definition) is 3. The SMILES string of the molecule is COc1cc(F)cc(C2(O)CC3CCC(C3)C2CN(C)C)c1. The average Bonchev–Trinajstić information content (AvgIpc) is 2.86. The summed E-state index contributed by atoms with van der Waals surface area (Å²) in [5.74, 6) is 1.37. The summed E-state index contributed by atoms with van der Waals surface area (Å²) in [5.41, 5.74) is -0.281. The number of benzene rings is 1. The van der Waals surface area contributed by atoms with Crippen LogP contribution in [0.2, 0.25) is 0 Å². The van der Waals surface area contributed by atoms with Crippen molar-refractivity contribution in [2.24, 2.45) is 17.8 Å². The second-order valence-electron chi connectivity index (χ2n) is 7.32. The molecule has 0 aromatic heterocycles. The number of nitrogens with zero attached hydrogens (tertiary/aromatic N) is 1. The minimum atomic E-state index is -0.955. The molecule has 2 aliphatic rings. The minimum absolute atomic E-state index is 0.146. The van der Waals surface area contributed by atoms with Crippen molar-refractivity contribution >= 4 is 0 Å². The molecule has 0 saturated heterocycles. The van der Waals surface area contributed by atoms with Crippen molar-refractivity contribution in [3.63, 3.8) is 0 Å². The van der Waals surface area contributed by atoms with Crippen LogP contribution in [-0.4, -0.2) is 37.8 Å². The van der Waals surface area contributed by atoms with Crippen LogP contribution in [-0.2, 0) is 5.60 Å². The van der Waals surface area contributed by atoms with Gasteiger partial charge in [-0.05, 0) is 62.9 Å². The highest BCUT2D eigenvalue weighted by Gasteiger charge is 2.51. The zero-order chi connectivity index (χ0) is 15.9. The second-order valence-corrected chi connectivity index (χ2v) is 7.32. The van der Waals surface area contributed by atoms with Gasteiger partial charge in [0.2, 0.25) is 0 Å². The van der Waals surface area contributed by atoms with Crippen LogP contribution in [0.1, 0.15) is 31.2 Å². The number of methoxy groups -OCH3 is 1. The lowest BCUT2D eigenvalue weighted by molar-refractivity contribution is -0.0893. The van der Waals surface area contributed by atoms with Crippen molar-refractivity contribution < 1.29 is 14.2 Å². The van der Waals surface area contributed by atoms with E-state index in [9.17, 15) is 9.50 Å². The molecule has 2 aliphatic carbocycles. The third-order valence-electron chi connectivity index (χ3n) is 5.53. The summed E-state index contributed by atoms with van der Waals surface area (Å²) in [6.07, 6.45) is 4.29. The summed E-state index contributed by atoms with van der Waals surface area (Å²) in [5, 5.41) is 11.5. The number of fused-ring (bicyclic) bond motifs is 2. The third-order valence-corrected chi connectivity index (χ3v) is 5.53. The van der Waals surface area contributed by atoms with Crippen molar-refractivity contribution in [1.29, 1.82) is 0 Å². The Morgan fingerprint density at radius 1 is 1.32 bits per heavy atom. The van der Waals surface area contributed by atoms with Gasteiger partial charge in [-0.3, -0.25) is 0 Å². The van der Waals surface area contributed by atoms with E-state index in [4.69, 9.17) is 4.74 Å². The first-order valence-electron chi connectivity index (χ1n) is 8.14. The molecule has 0 heterocycles. The second kappa shape index (κ2) is 5.82. The largest absolute Gasteiger partial charge is 0.497 e. The lowest BCUT2D eigenvalue weighted by Crippen LogP contribution is -2.47. The number of ether oxygens (including phenoxy) is 1. The molecular formula is C18H26FNO2. The van der Waals surface area contributed by atoms with Gasteiger partial charge in [0.25, 0.3) is 0 Å². The van der Waals surface area contributed by atoms with Crippen LogP contribution in [0.5, 0.6) is 5.75 Å². The van der Waals surface area contributed by atoms with Gasteiger partial charge in [-0.25, -0.2) is 4.39 Å². The van der Waals surface area contributed by atoms with Gasteiger partial charge < -0.3 is 14.7 Å². The van der Waals surface area contributed by atoms with Gasteiger partial charge in [-0.15, -0.1) is 0 Å². The fraction of sp³-hybridized carbons (Fsp3) is 0.667.